The van der Waals surface area contributed by atoms with Gasteiger partial charge in [-0.25, -0.2) is 9.18 Å². The predicted octanol–water partition coefficient (Wildman–Crippen LogP) is 2.20. The molecule has 0 aromatic heterocycles. The molecule has 0 unspecified atom stereocenters. The number of halogens is 1. The molecule has 4 nitrogen and oxygen atoms in total. The van der Waals surface area contributed by atoms with E-state index in [4.69, 9.17) is 10.8 Å². The van der Waals surface area contributed by atoms with Crippen molar-refractivity contribution in [2.24, 2.45) is 10.7 Å². The van der Waals surface area contributed by atoms with Gasteiger partial charge in [0, 0.05) is 12.6 Å². The lowest BCUT2D eigenvalue weighted by Crippen LogP contribution is -2.09. The molecule has 0 saturated carbocycles. The van der Waals surface area contributed by atoms with E-state index in [0.29, 0.717) is 17.7 Å². The third kappa shape index (κ3) is 2.94. The third-order valence-corrected chi connectivity index (χ3v) is 2.53. The number of carboxylic acids is 1. The van der Waals surface area contributed by atoms with Crippen LogP contribution in [0.2, 0.25) is 0 Å². The first-order valence-electron chi connectivity index (χ1n) is 5.45. The molecule has 0 saturated heterocycles. The number of carboxylic acid groups (broad SMARTS) is 1. The molecule has 0 aliphatic heterocycles. The summed E-state index contributed by atoms with van der Waals surface area (Å²) in [4.78, 5) is 14.9. The van der Waals surface area contributed by atoms with Crippen molar-refractivity contribution in [3.05, 3.63) is 46.9 Å². The Bertz CT molecular complexity index is 522. The van der Waals surface area contributed by atoms with Gasteiger partial charge in [-0.2, -0.15) is 0 Å². The fraction of sp³-hybridized carbons (Fsp3) is 0.231. The molecule has 0 atom stereocenters. The molecule has 3 N–H and O–H groups in total. The minimum atomic E-state index is -1.18. The first-order valence-corrected chi connectivity index (χ1v) is 5.45. The Labute approximate surface area is 105 Å². The number of benzene rings is 1. The number of rotatable bonds is 4. The molecule has 0 aliphatic carbocycles. The minimum absolute atomic E-state index is 0.112. The molecule has 1 rings (SSSR count). The second-order valence-electron chi connectivity index (χ2n) is 3.65. The monoisotopic (exact) mass is 250 g/mol. The zero-order valence-electron chi connectivity index (χ0n) is 10.3. The Morgan fingerprint density at radius 3 is 2.50 bits per heavy atom. The SMILES string of the molecule is CC/C(=C/N)C(=NC)c1cc(F)cc(C(=O)O)c1. The standard InChI is InChI=1S/C13H15FN2O2/c1-3-8(7-15)12(16-2)9-4-10(13(17)18)6-11(14)5-9/h4-7H,3,15H2,1-2H3,(H,17,18)/b8-7-,16-12?. The van der Waals surface area contributed by atoms with E-state index in [-0.39, 0.29) is 5.56 Å². The average molecular weight is 250 g/mol. The molecule has 0 heterocycles. The Hall–Kier alpha value is -2.17. The molecular weight excluding hydrogens is 235 g/mol. The van der Waals surface area contributed by atoms with Gasteiger partial charge in [0.25, 0.3) is 0 Å². The number of aliphatic imine (C=N–C) groups is 1. The van der Waals surface area contributed by atoms with Gasteiger partial charge in [-0.05, 0) is 36.4 Å². The lowest BCUT2D eigenvalue weighted by atomic mass is 9.99. The first kappa shape index (κ1) is 13.9. The summed E-state index contributed by atoms with van der Waals surface area (Å²) in [5.74, 6) is -1.79. The van der Waals surface area contributed by atoms with Crippen molar-refractivity contribution in [1.29, 1.82) is 0 Å². The van der Waals surface area contributed by atoms with Crippen LogP contribution in [-0.4, -0.2) is 23.8 Å². The highest BCUT2D eigenvalue weighted by Crippen LogP contribution is 2.16. The lowest BCUT2D eigenvalue weighted by molar-refractivity contribution is 0.0696. The number of nitrogens with two attached hydrogens (primary N) is 1. The maximum Gasteiger partial charge on any atom is 0.335 e. The molecule has 0 spiro atoms. The van der Waals surface area contributed by atoms with E-state index in [1.165, 1.54) is 18.3 Å². The Balaban J connectivity index is 3.35. The molecule has 1 aromatic rings. The normalized spacial score (nSPS) is 12.6. The van der Waals surface area contributed by atoms with Crippen molar-refractivity contribution in [2.75, 3.05) is 7.05 Å². The van der Waals surface area contributed by atoms with Crippen molar-refractivity contribution in [3.8, 4) is 0 Å². The molecule has 0 bridgehead atoms. The summed E-state index contributed by atoms with van der Waals surface area (Å²) in [6.07, 6.45) is 2.02. The molecule has 5 heteroatoms. The number of aromatic carboxylic acids is 1. The van der Waals surface area contributed by atoms with Crippen LogP contribution < -0.4 is 5.73 Å². The van der Waals surface area contributed by atoms with Crippen LogP contribution >= 0.6 is 0 Å². The van der Waals surface area contributed by atoms with E-state index in [0.717, 1.165) is 11.6 Å². The number of hydrogen-bond donors (Lipinski definition) is 2. The number of hydrogen-bond acceptors (Lipinski definition) is 3. The van der Waals surface area contributed by atoms with Gasteiger partial charge < -0.3 is 10.8 Å². The number of carbonyl (C=O) groups is 1. The molecule has 18 heavy (non-hydrogen) atoms. The highest BCUT2D eigenvalue weighted by Gasteiger charge is 2.13. The lowest BCUT2D eigenvalue weighted by Gasteiger charge is -2.09. The van der Waals surface area contributed by atoms with Crippen molar-refractivity contribution >= 4 is 11.7 Å². The Morgan fingerprint density at radius 1 is 1.44 bits per heavy atom. The second kappa shape index (κ2) is 5.95. The van der Waals surface area contributed by atoms with Crippen LogP contribution in [0, 0.1) is 5.82 Å². The highest BCUT2D eigenvalue weighted by atomic mass is 19.1. The van der Waals surface area contributed by atoms with Gasteiger partial charge in [0.1, 0.15) is 5.82 Å². The van der Waals surface area contributed by atoms with E-state index >= 15 is 0 Å². The fourth-order valence-corrected chi connectivity index (χ4v) is 1.67. The van der Waals surface area contributed by atoms with Crippen LogP contribution in [-0.2, 0) is 0 Å². The van der Waals surface area contributed by atoms with Crippen LogP contribution in [0.4, 0.5) is 4.39 Å². The molecular formula is C13H15FN2O2. The highest BCUT2D eigenvalue weighted by molar-refractivity contribution is 6.13. The molecule has 0 amide bonds. The molecule has 0 radical (unpaired) electrons. The third-order valence-electron chi connectivity index (χ3n) is 2.53. The smallest absolute Gasteiger partial charge is 0.335 e. The van der Waals surface area contributed by atoms with Gasteiger partial charge in [-0.1, -0.05) is 6.92 Å². The predicted molar refractivity (Wildman–Crippen MR) is 68.4 cm³/mol. The van der Waals surface area contributed by atoms with Gasteiger partial charge >= 0.3 is 5.97 Å². The van der Waals surface area contributed by atoms with Gasteiger partial charge in [0.05, 0.1) is 11.3 Å². The van der Waals surface area contributed by atoms with E-state index < -0.39 is 11.8 Å². The van der Waals surface area contributed by atoms with Gasteiger partial charge in [0.2, 0.25) is 0 Å². The van der Waals surface area contributed by atoms with E-state index in [2.05, 4.69) is 4.99 Å². The summed E-state index contributed by atoms with van der Waals surface area (Å²) < 4.78 is 13.4. The van der Waals surface area contributed by atoms with Crippen LogP contribution in [0.1, 0.15) is 29.3 Å². The maximum absolute atomic E-state index is 13.4. The molecule has 0 fully saturated rings. The minimum Gasteiger partial charge on any atom is -0.478 e. The fourth-order valence-electron chi connectivity index (χ4n) is 1.67. The van der Waals surface area contributed by atoms with Crippen molar-refractivity contribution < 1.29 is 14.3 Å². The number of allylic oxidation sites excluding steroid dienone is 1. The van der Waals surface area contributed by atoms with E-state index in [1.54, 1.807) is 7.05 Å². The quantitative estimate of drug-likeness (QED) is 0.804. The summed E-state index contributed by atoms with van der Waals surface area (Å²) in [6.45, 7) is 1.89. The summed E-state index contributed by atoms with van der Waals surface area (Å²) in [5.41, 5.74) is 7.02. The first-order chi connectivity index (χ1) is 8.53. The summed E-state index contributed by atoms with van der Waals surface area (Å²) in [5, 5.41) is 8.90. The Morgan fingerprint density at radius 2 is 2.06 bits per heavy atom. The summed E-state index contributed by atoms with van der Waals surface area (Å²) in [6, 6.07) is 3.59. The Kier molecular flexibility index (Phi) is 4.59. The van der Waals surface area contributed by atoms with Crippen molar-refractivity contribution in [1.82, 2.24) is 0 Å². The van der Waals surface area contributed by atoms with Crippen molar-refractivity contribution in [2.45, 2.75) is 13.3 Å². The van der Waals surface area contributed by atoms with E-state index in [1.807, 2.05) is 6.92 Å². The van der Waals surface area contributed by atoms with Crippen LogP contribution in [0.5, 0.6) is 0 Å². The van der Waals surface area contributed by atoms with Crippen LogP contribution in [0.3, 0.4) is 0 Å². The van der Waals surface area contributed by atoms with Gasteiger partial charge in [0.15, 0.2) is 0 Å². The summed E-state index contributed by atoms with van der Waals surface area (Å²) >= 11 is 0. The molecule has 96 valence electrons. The van der Waals surface area contributed by atoms with Gasteiger partial charge in [-0.15, -0.1) is 0 Å². The molecule has 1 aromatic carbocycles. The maximum atomic E-state index is 13.4. The van der Waals surface area contributed by atoms with Gasteiger partial charge in [-0.3, -0.25) is 4.99 Å². The zero-order valence-corrected chi connectivity index (χ0v) is 10.3. The average Bonchev–Trinajstić information content (AvgIpc) is 2.34. The second-order valence-corrected chi connectivity index (χ2v) is 3.65. The van der Waals surface area contributed by atoms with Crippen molar-refractivity contribution in [3.63, 3.8) is 0 Å². The molecule has 0 aliphatic rings. The topological polar surface area (TPSA) is 75.7 Å². The van der Waals surface area contributed by atoms with E-state index in [9.17, 15) is 9.18 Å². The largest absolute Gasteiger partial charge is 0.478 e. The summed E-state index contributed by atoms with van der Waals surface area (Å²) in [7, 11) is 1.56. The van der Waals surface area contributed by atoms with Crippen LogP contribution in [0.15, 0.2) is 35.0 Å². The number of nitrogens with zero attached hydrogens (tertiary/aromatic N) is 1. The zero-order chi connectivity index (χ0) is 13.7. The van der Waals surface area contributed by atoms with Crippen LogP contribution in [0.25, 0.3) is 0 Å².